The summed E-state index contributed by atoms with van der Waals surface area (Å²) in [6, 6.07) is 11.9. The topological polar surface area (TPSA) is 138 Å². The monoisotopic (exact) mass is 564 g/mol. The van der Waals surface area contributed by atoms with Gasteiger partial charge in [0.1, 0.15) is 0 Å². The normalized spacial score (nSPS) is 13.0. The van der Waals surface area contributed by atoms with Crippen LogP contribution in [0.4, 0.5) is 0 Å². The first-order valence-corrected chi connectivity index (χ1v) is 12.6. The van der Waals surface area contributed by atoms with Gasteiger partial charge in [0.05, 0.1) is 22.8 Å². The van der Waals surface area contributed by atoms with Crippen molar-refractivity contribution in [1.29, 1.82) is 0 Å². The SMILES string of the molecule is CC1=C(CCC(=O)[O-])c2cc3nc(cc4[nH]c(cc4C)cc4[nH]c(cc1n2)cc4C)C(C)=C3CCC(=O)[O-].[Fe+2]. The second-order valence-electron chi connectivity index (χ2n) is 9.94. The van der Waals surface area contributed by atoms with Crippen molar-refractivity contribution in [3.63, 3.8) is 0 Å². The van der Waals surface area contributed by atoms with E-state index in [4.69, 9.17) is 9.97 Å². The molecule has 0 saturated heterocycles. The second kappa shape index (κ2) is 11.0. The van der Waals surface area contributed by atoms with Crippen LogP contribution in [0.5, 0.6) is 0 Å². The molecule has 0 fully saturated rings. The minimum atomic E-state index is -1.13. The number of aromatic nitrogens is 4. The Bertz CT molecular complexity index is 1730. The molecule has 8 bridgehead atoms. The number of nitrogens with one attached hydrogen (secondary N) is 2. The Hall–Kier alpha value is -3.94. The van der Waals surface area contributed by atoms with Gasteiger partial charge < -0.3 is 29.8 Å². The first kappa shape index (κ1) is 28.1. The number of carboxylic acids is 2. The first-order chi connectivity index (χ1) is 18.1. The van der Waals surface area contributed by atoms with E-state index in [0.717, 1.165) is 66.9 Å². The molecule has 0 aromatic carbocycles. The summed E-state index contributed by atoms with van der Waals surface area (Å²) in [6.45, 7) is 7.93. The van der Waals surface area contributed by atoms with Crippen LogP contribution >= 0.6 is 0 Å². The zero-order valence-corrected chi connectivity index (χ0v) is 23.3. The molecule has 5 rings (SSSR count). The van der Waals surface area contributed by atoms with Gasteiger partial charge in [0.2, 0.25) is 0 Å². The van der Waals surface area contributed by atoms with Crippen LogP contribution in [-0.2, 0) is 26.7 Å². The van der Waals surface area contributed by atoms with E-state index < -0.39 is 11.9 Å². The van der Waals surface area contributed by atoms with Crippen LogP contribution in [0.1, 0.15) is 73.4 Å². The summed E-state index contributed by atoms with van der Waals surface area (Å²) in [5.74, 6) is -2.26. The number of aryl methyl sites for hydroxylation is 2. The molecule has 2 aliphatic rings. The van der Waals surface area contributed by atoms with E-state index in [9.17, 15) is 19.8 Å². The van der Waals surface area contributed by atoms with Crippen LogP contribution in [0.25, 0.3) is 44.4 Å². The van der Waals surface area contributed by atoms with Gasteiger partial charge in [-0.25, -0.2) is 9.97 Å². The molecule has 9 heteroatoms. The second-order valence-corrected chi connectivity index (χ2v) is 9.94. The zero-order chi connectivity index (χ0) is 27.1. The van der Waals surface area contributed by atoms with Crippen molar-refractivity contribution in [2.45, 2.75) is 53.4 Å². The van der Waals surface area contributed by atoms with Crippen LogP contribution < -0.4 is 10.2 Å². The van der Waals surface area contributed by atoms with Crippen LogP contribution in [0.15, 0.2) is 36.4 Å². The number of H-pyrrole nitrogens is 2. The molecule has 5 heterocycles. The fraction of sp³-hybridized carbons (Fsp3) is 0.267. The van der Waals surface area contributed by atoms with E-state index in [1.165, 1.54) is 0 Å². The molecule has 200 valence electrons. The van der Waals surface area contributed by atoms with E-state index >= 15 is 0 Å². The number of aromatic amines is 2. The van der Waals surface area contributed by atoms with Gasteiger partial charge in [-0.15, -0.1) is 0 Å². The van der Waals surface area contributed by atoms with Crippen molar-refractivity contribution >= 4 is 56.3 Å². The molecule has 0 radical (unpaired) electrons. The molecule has 3 aromatic heterocycles. The molecule has 8 nitrogen and oxygen atoms in total. The van der Waals surface area contributed by atoms with Gasteiger partial charge in [0.15, 0.2) is 0 Å². The third-order valence-corrected chi connectivity index (χ3v) is 7.23. The summed E-state index contributed by atoms with van der Waals surface area (Å²) < 4.78 is 0. The van der Waals surface area contributed by atoms with E-state index in [2.05, 4.69) is 28.2 Å². The van der Waals surface area contributed by atoms with Crippen LogP contribution in [0.2, 0.25) is 0 Å². The Balaban J connectivity index is 0.00000353. The van der Waals surface area contributed by atoms with Gasteiger partial charge in [0.25, 0.3) is 0 Å². The van der Waals surface area contributed by atoms with E-state index in [0.29, 0.717) is 11.4 Å². The molecule has 0 unspecified atom stereocenters. The molecular weight excluding hydrogens is 536 g/mol. The third kappa shape index (κ3) is 5.75. The van der Waals surface area contributed by atoms with Gasteiger partial charge in [-0.3, -0.25) is 0 Å². The number of carboxylic acid groups (broad SMARTS) is 2. The summed E-state index contributed by atoms with van der Waals surface area (Å²) >= 11 is 0. The summed E-state index contributed by atoms with van der Waals surface area (Å²) in [5.41, 5.74) is 11.9. The van der Waals surface area contributed by atoms with Crippen LogP contribution in [0, 0.1) is 13.8 Å². The molecule has 0 spiro atoms. The third-order valence-electron chi connectivity index (χ3n) is 7.23. The molecule has 3 aromatic rings. The van der Waals surface area contributed by atoms with Crippen molar-refractivity contribution in [3.05, 3.63) is 70.3 Å². The van der Waals surface area contributed by atoms with Gasteiger partial charge >= 0.3 is 17.1 Å². The smallest absolute Gasteiger partial charge is 0.550 e. The van der Waals surface area contributed by atoms with Crippen molar-refractivity contribution < 1.29 is 36.9 Å². The van der Waals surface area contributed by atoms with Gasteiger partial charge in [-0.2, -0.15) is 0 Å². The quantitative estimate of drug-likeness (QED) is 0.437. The number of fused-ring (bicyclic) bond motifs is 8. The van der Waals surface area contributed by atoms with Crippen molar-refractivity contribution in [1.82, 2.24) is 19.9 Å². The Morgan fingerprint density at radius 1 is 0.641 bits per heavy atom. The number of rotatable bonds is 6. The average Bonchev–Trinajstić information content (AvgIpc) is 3.53. The number of nitrogens with zero attached hydrogens (tertiary/aromatic N) is 2. The maximum Gasteiger partial charge on any atom is 2.00 e. The Morgan fingerprint density at radius 2 is 1.08 bits per heavy atom. The van der Waals surface area contributed by atoms with Gasteiger partial charge in [-0.05, 0) is 123 Å². The number of carbonyl (C=O) groups is 2. The maximum absolute atomic E-state index is 11.3. The van der Waals surface area contributed by atoms with Crippen LogP contribution in [0.3, 0.4) is 0 Å². The number of carbonyl (C=O) groups excluding carboxylic acids is 2. The first-order valence-electron chi connectivity index (χ1n) is 12.6. The Morgan fingerprint density at radius 3 is 1.56 bits per heavy atom. The average molecular weight is 564 g/mol. The predicted octanol–water partition coefficient (Wildman–Crippen LogP) is 3.85. The standard InChI is InChI=1S/C30H30N4O4.Fe/c1-15-9-20-12-25-17(3)21(5-7-29(35)36)27(33-25)14-28-22(6-8-30(37)38)18(4)26(34-28)13-24-16(2)10-19(32-24)11-23(15)31-20;/h9-14,31-32H,5-8H2,1-4H3,(H,35,36)(H,37,38);/q;+2/p-2. The fourth-order valence-electron chi connectivity index (χ4n) is 5.09. The molecule has 2 N–H and O–H groups in total. The molecule has 0 saturated carbocycles. The predicted molar refractivity (Wildman–Crippen MR) is 144 cm³/mol. The Kier molecular flexibility index (Phi) is 7.95. The molecule has 0 amide bonds. The largest absolute Gasteiger partial charge is 2.00 e. The molecule has 39 heavy (non-hydrogen) atoms. The minimum absolute atomic E-state index is 0. The minimum Gasteiger partial charge on any atom is -0.550 e. The van der Waals surface area contributed by atoms with E-state index in [-0.39, 0.29) is 42.8 Å². The molecular formula is C30H28FeN4O4. The summed E-state index contributed by atoms with van der Waals surface area (Å²) in [7, 11) is 0. The van der Waals surface area contributed by atoms with E-state index in [1.54, 1.807) is 0 Å². The number of hydrogen-bond donors (Lipinski definition) is 2. The number of allylic oxidation sites excluding steroid dienone is 4. The number of hydrogen-bond acceptors (Lipinski definition) is 6. The summed E-state index contributed by atoms with van der Waals surface area (Å²) in [4.78, 5) is 39.2. The fourth-order valence-corrected chi connectivity index (χ4v) is 5.09. The summed E-state index contributed by atoms with van der Waals surface area (Å²) in [5, 5.41) is 22.6. The van der Waals surface area contributed by atoms with Gasteiger partial charge in [-0.1, -0.05) is 0 Å². The van der Waals surface area contributed by atoms with Crippen molar-refractivity contribution in [3.8, 4) is 0 Å². The van der Waals surface area contributed by atoms with Crippen molar-refractivity contribution in [2.75, 3.05) is 0 Å². The van der Waals surface area contributed by atoms with Gasteiger partial charge in [0, 0.05) is 34.0 Å². The summed E-state index contributed by atoms with van der Waals surface area (Å²) in [6.07, 6.45) is 0.263. The maximum atomic E-state index is 11.3. The Labute approximate surface area is 236 Å². The number of aliphatic carboxylic acids is 2. The van der Waals surface area contributed by atoms with E-state index in [1.807, 2.05) is 45.9 Å². The molecule has 0 aliphatic carbocycles. The molecule has 2 aliphatic heterocycles. The zero-order valence-electron chi connectivity index (χ0n) is 22.2. The van der Waals surface area contributed by atoms with Crippen LogP contribution in [-0.4, -0.2) is 31.9 Å². The molecule has 0 atom stereocenters. The van der Waals surface area contributed by atoms with Crippen molar-refractivity contribution in [2.24, 2.45) is 0 Å².